The van der Waals surface area contributed by atoms with E-state index in [1.807, 2.05) is 24.6 Å². The second-order valence-corrected chi connectivity index (χ2v) is 6.19. The molecule has 0 saturated heterocycles. The Morgan fingerprint density at radius 2 is 2.19 bits per heavy atom. The average Bonchev–Trinajstić information content (AvgIpc) is 2.99. The smallest absolute Gasteiger partial charge is 0.251 e. The molecule has 2 N–H and O–H groups in total. The van der Waals surface area contributed by atoms with Crippen LogP contribution in [0.25, 0.3) is 0 Å². The van der Waals surface area contributed by atoms with Gasteiger partial charge in [-0.15, -0.1) is 11.3 Å². The standard InChI is InChI=1S/C16H21N3OS/c1-11(2)14-9-12(10-15(17-3)19-14)16(20)18-7-6-13-5-4-8-21-13/h4-5,8-11H,6-7H2,1-3H3,(H,17,19)(H,18,20). The van der Waals surface area contributed by atoms with E-state index in [-0.39, 0.29) is 11.8 Å². The molecule has 2 heterocycles. The number of carbonyl (C=O) groups excluding carboxylic acids is 1. The fourth-order valence-corrected chi connectivity index (χ4v) is 2.67. The number of hydrogen-bond donors (Lipinski definition) is 2. The van der Waals surface area contributed by atoms with Crippen LogP contribution in [0.3, 0.4) is 0 Å². The number of thiophene rings is 1. The lowest BCUT2D eigenvalue weighted by molar-refractivity contribution is 0.0954. The number of amides is 1. The van der Waals surface area contributed by atoms with Crippen LogP contribution in [0.15, 0.2) is 29.6 Å². The lowest BCUT2D eigenvalue weighted by Crippen LogP contribution is -2.26. The Balaban J connectivity index is 2.02. The minimum Gasteiger partial charge on any atom is -0.373 e. The molecule has 2 aromatic rings. The molecule has 21 heavy (non-hydrogen) atoms. The number of carbonyl (C=O) groups is 1. The van der Waals surface area contributed by atoms with Gasteiger partial charge in [-0.25, -0.2) is 4.98 Å². The van der Waals surface area contributed by atoms with Gasteiger partial charge in [0.1, 0.15) is 5.82 Å². The third-order valence-corrected chi connectivity index (χ3v) is 4.13. The van der Waals surface area contributed by atoms with Crippen molar-refractivity contribution in [1.29, 1.82) is 0 Å². The number of rotatable bonds is 6. The minimum absolute atomic E-state index is 0.0487. The molecular formula is C16H21N3OS. The van der Waals surface area contributed by atoms with Crippen molar-refractivity contribution in [3.63, 3.8) is 0 Å². The molecule has 0 aliphatic carbocycles. The van der Waals surface area contributed by atoms with E-state index in [1.165, 1.54) is 4.88 Å². The van der Waals surface area contributed by atoms with Crippen molar-refractivity contribution >= 4 is 23.1 Å². The Morgan fingerprint density at radius 1 is 1.38 bits per heavy atom. The van der Waals surface area contributed by atoms with Crippen LogP contribution in [0.2, 0.25) is 0 Å². The Hall–Kier alpha value is -1.88. The fourth-order valence-electron chi connectivity index (χ4n) is 1.96. The Bertz CT molecular complexity index is 594. The molecule has 0 unspecified atom stereocenters. The Morgan fingerprint density at radius 3 is 2.81 bits per heavy atom. The molecule has 0 aromatic carbocycles. The molecule has 0 saturated carbocycles. The van der Waals surface area contributed by atoms with Crippen molar-refractivity contribution in [2.24, 2.45) is 0 Å². The summed E-state index contributed by atoms with van der Waals surface area (Å²) < 4.78 is 0. The van der Waals surface area contributed by atoms with E-state index >= 15 is 0 Å². The van der Waals surface area contributed by atoms with Crippen LogP contribution in [-0.2, 0) is 6.42 Å². The number of hydrogen-bond acceptors (Lipinski definition) is 4. The van der Waals surface area contributed by atoms with Gasteiger partial charge in [0.2, 0.25) is 0 Å². The normalized spacial score (nSPS) is 10.7. The van der Waals surface area contributed by atoms with Crippen LogP contribution in [0.4, 0.5) is 5.82 Å². The summed E-state index contributed by atoms with van der Waals surface area (Å²) in [5.74, 6) is 0.966. The molecule has 0 atom stereocenters. The van der Waals surface area contributed by atoms with Gasteiger partial charge < -0.3 is 10.6 Å². The van der Waals surface area contributed by atoms with Gasteiger partial charge in [0, 0.05) is 29.7 Å². The van der Waals surface area contributed by atoms with Crippen molar-refractivity contribution in [2.45, 2.75) is 26.2 Å². The first-order valence-corrected chi connectivity index (χ1v) is 7.98. The zero-order chi connectivity index (χ0) is 15.2. The van der Waals surface area contributed by atoms with Gasteiger partial charge in [-0.3, -0.25) is 4.79 Å². The van der Waals surface area contributed by atoms with E-state index < -0.39 is 0 Å². The van der Waals surface area contributed by atoms with E-state index in [2.05, 4.69) is 35.5 Å². The molecule has 0 aliphatic heterocycles. The summed E-state index contributed by atoms with van der Waals surface area (Å²) in [4.78, 5) is 18.0. The molecule has 4 nitrogen and oxygen atoms in total. The maximum atomic E-state index is 12.3. The molecule has 1 amide bonds. The summed E-state index contributed by atoms with van der Waals surface area (Å²) in [7, 11) is 1.81. The van der Waals surface area contributed by atoms with E-state index in [1.54, 1.807) is 17.4 Å². The van der Waals surface area contributed by atoms with E-state index in [0.717, 1.165) is 17.9 Å². The van der Waals surface area contributed by atoms with Gasteiger partial charge in [0.15, 0.2) is 0 Å². The summed E-state index contributed by atoms with van der Waals surface area (Å²) in [6.07, 6.45) is 0.865. The molecule has 0 spiro atoms. The van der Waals surface area contributed by atoms with Crippen LogP contribution < -0.4 is 10.6 Å². The average molecular weight is 303 g/mol. The molecule has 0 fully saturated rings. The maximum Gasteiger partial charge on any atom is 0.251 e. The van der Waals surface area contributed by atoms with Crippen molar-refractivity contribution in [1.82, 2.24) is 10.3 Å². The Kier molecular flexibility index (Phi) is 5.33. The van der Waals surface area contributed by atoms with Gasteiger partial charge in [-0.05, 0) is 35.9 Å². The third kappa shape index (κ3) is 4.29. The first-order chi connectivity index (χ1) is 10.1. The third-order valence-electron chi connectivity index (χ3n) is 3.19. The second kappa shape index (κ2) is 7.22. The number of pyridine rings is 1. The van der Waals surface area contributed by atoms with Crippen molar-refractivity contribution in [3.8, 4) is 0 Å². The zero-order valence-corrected chi connectivity index (χ0v) is 13.5. The van der Waals surface area contributed by atoms with Crippen LogP contribution in [0.1, 0.15) is 40.7 Å². The molecular weight excluding hydrogens is 282 g/mol. The van der Waals surface area contributed by atoms with Crippen molar-refractivity contribution in [3.05, 3.63) is 45.8 Å². The number of anilines is 1. The largest absolute Gasteiger partial charge is 0.373 e. The lowest BCUT2D eigenvalue weighted by atomic mass is 10.1. The topological polar surface area (TPSA) is 54.0 Å². The highest BCUT2D eigenvalue weighted by atomic mass is 32.1. The SMILES string of the molecule is CNc1cc(C(=O)NCCc2cccs2)cc(C(C)C)n1. The number of nitrogens with one attached hydrogen (secondary N) is 2. The molecule has 0 radical (unpaired) electrons. The highest BCUT2D eigenvalue weighted by Gasteiger charge is 2.11. The van der Waals surface area contributed by atoms with Crippen molar-refractivity contribution in [2.75, 3.05) is 18.9 Å². The predicted molar refractivity (Wildman–Crippen MR) is 88.2 cm³/mol. The summed E-state index contributed by atoms with van der Waals surface area (Å²) in [5, 5.41) is 8.02. The van der Waals surface area contributed by atoms with Gasteiger partial charge in [-0.1, -0.05) is 19.9 Å². The highest BCUT2D eigenvalue weighted by molar-refractivity contribution is 7.09. The maximum absolute atomic E-state index is 12.3. The number of aromatic nitrogens is 1. The zero-order valence-electron chi connectivity index (χ0n) is 12.6. The van der Waals surface area contributed by atoms with Crippen molar-refractivity contribution < 1.29 is 4.79 Å². The molecule has 2 aromatic heterocycles. The summed E-state index contributed by atoms with van der Waals surface area (Å²) in [5.41, 5.74) is 1.58. The first kappa shape index (κ1) is 15.5. The lowest BCUT2D eigenvalue weighted by Gasteiger charge is -2.11. The number of nitrogens with zero attached hydrogens (tertiary/aromatic N) is 1. The van der Waals surface area contributed by atoms with Crippen LogP contribution in [0, 0.1) is 0 Å². The van der Waals surface area contributed by atoms with Crippen LogP contribution >= 0.6 is 11.3 Å². The van der Waals surface area contributed by atoms with Crippen LogP contribution in [-0.4, -0.2) is 24.5 Å². The Labute approximate surface area is 129 Å². The molecule has 2 rings (SSSR count). The van der Waals surface area contributed by atoms with Gasteiger partial charge in [0.05, 0.1) is 0 Å². The molecule has 0 bridgehead atoms. The fraction of sp³-hybridized carbons (Fsp3) is 0.375. The van der Waals surface area contributed by atoms with E-state index in [9.17, 15) is 4.79 Å². The van der Waals surface area contributed by atoms with E-state index in [0.29, 0.717) is 12.1 Å². The quantitative estimate of drug-likeness (QED) is 0.861. The van der Waals surface area contributed by atoms with E-state index in [4.69, 9.17) is 0 Å². The summed E-state index contributed by atoms with van der Waals surface area (Å²) >= 11 is 1.71. The van der Waals surface area contributed by atoms with Crippen LogP contribution in [0.5, 0.6) is 0 Å². The van der Waals surface area contributed by atoms with Gasteiger partial charge in [0.25, 0.3) is 5.91 Å². The highest BCUT2D eigenvalue weighted by Crippen LogP contribution is 2.17. The molecule has 5 heteroatoms. The predicted octanol–water partition coefficient (Wildman–Crippen LogP) is 3.28. The molecule has 0 aliphatic rings. The first-order valence-electron chi connectivity index (χ1n) is 7.10. The second-order valence-electron chi connectivity index (χ2n) is 5.16. The summed E-state index contributed by atoms with van der Waals surface area (Å²) in [6.45, 7) is 4.79. The van der Waals surface area contributed by atoms with Gasteiger partial charge >= 0.3 is 0 Å². The molecule has 112 valence electrons. The monoisotopic (exact) mass is 303 g/mol. The summed E-state index contributed by atoms with van der Waals surface area (Å²) in [6, 6.07) is 7.76. The van der Waals surface area contributed by atoms with Gasteiger partial charge in [-0.2, -0.15) is 0 Å². The minimum atomic E-state index is -0.0487.